The van der Waals surface area contributed by atoms with E-state index in [4.69, 9.17) is 5.11 Å². The fourth-order valence-corrected chi connectivity index (χ4v) is 1.68. The van der Waals surface area contributed by atoms with Crippen molar-refractivity contribution in [1.29, 1.82) is 0 Å². The van der Waals surface area contributed by atoms with Gasteiger partial charge in [0.2, 0.25) is 0 Å². The molecule has 1 aromatic rings. The third kappa shape index (κ3) is 4.56. The van der Waals surface area contributed by atoms with Gasteiger partial charge < -0.3 is 10.0 Å². The standard InChI is InChI=1S/C13H14F3NO3/c1-2-7-17(8-13(14,15)16)11(18)9-3-5-10(6-4-9)12(19)20/h3-6H,2,7-8H2,1H3,(H,19,20). The number of carbonyl (C=O) groups is 2. The molecule has 20 heavy (non-hydrogen) atoms. The first-order valence-electron chi connectivity index (χ1n) is 5.94. The van der Waals surface area contributed by atoms with Crippen LogP contribution in [0.15, 0.2) is 24.3 Å². The molecule has 110 valence electrons. The van der Waals surface area contributed by atoms with Crippen molar-refractivity contribution >= 4 is 11.9 Å². The largest absolute Gasteiger partial charge is 0.478 e. The summed E-state index contributed by atoms with van der Waals surface area (Å²) in [7, 11) is 0. The predicted molar refractivity (Wildman–Crippen MR) is 65.7 cm³/mol. The quantitative estimate of drug-likeness (QED) is 0.906. The molecule has 1 aromatic carbocycles. The van der Waals surface area contributed by atoms with Crippen LogP contribution < -0.4 is 0 Å². The van der Waals surface area contributed by atoms with Crippen LogP contribution >= 0.6 is 0 Å². The van der Waals surface area contributed by atoms with Crippen LogP contribution in [-0.2, 0) is 0 Å². The summed E-state index contributed by atoms with van der Waals surface area (Å²) in [6, 6.07) is 4.80. The molecule has 0 aliphatic heterocycles. The van der Waals surface area contributed by atoms with E-state index in [-0.39, 0.29) is 17.7 Å². The Balaban J connectivity index is 2.91. The number of halogens is 3. The molecule has 0 aromatic heterocycles. The number of carbonyl (C=O) groups excluding carboxylic acids is 1. The molecule has 4 nitrogen and oxygen atoms in total. The lowest BCUT2D eigenvalue weighted by atomic mass is 10.1. The molecular formula is C13H14F3NO3. The van der Waals surface area contributed by atoms with E-state index in [9.17, 15) is 22.8 Å². The smallest absolute Gasteiger partial charge is 0.406 e. The van der Waals surface area contributed by atoms with E-state index in [2.05, 4.69) is 0 Å². The second-order valence-corrected chi connectivity index (χ2v) is 4.22. The topological polar surface area (TPSA) is 57.6 Å². The SMILES string of the molecule is CCCN(CC(F)(F)F)C(=O)c1ccc(C(=O)O)cc1. The van der Waals surface area contributed by atoms with Crippen LogP contribution in [0.4, 0.5) is 13.2 Å². The Morgan fingerprint density at radius 3 is 2.05 bits per heavy atom. The molecule has 0 fully saturated rings. The fourth-order valence-electron chi connectivity index (χ4n) is 1.68. The summed E-state index contributed by atoms with van der Waals surface area (Å²) in [6.45, 7) is 0.337. The molecule has 1 amide bonds. The number of nitrogens with zero attached hydrogens (tertiary/aromatic N) is 1. The van der Waals surface area contributed by atoms with E-state index >= 15 is 0 Å². The number of alkyl halides is 3. The molecule has 0 aliphatic carbocycles. The maximum atomic E-state index is 12.4. The molecule has 7 heteroatoms. The minimum atomic E-state index is -4.47. The molecule has 1 rings (SSSR count). The van der Waals surface area contributed by atoms with E-state index in [1.807, 2.05) is 0 Å². The van der Waals surface area contributed by atoms with Gasteiger partial charge in [-0.05, 0) is 30.7 Å². The Morgan fingerprint density at radius 2 is 1.65 bits per heavy atom. The highest BCUT2D eigenvalue weighted by Gasteiger charge is 2.32. The average molecular weight is 289 g/mol. The maximum Gasteiger partial charge on any atom is 0.406 e. The Kier molecular flexibility index (Phi) is 5.12. The molecule has 0 atom stereocenters. The lowest BCUT2D eigenvalue weighted by Gasteiger charge is -2.23. The molecule has 0 radical (unpaired) electrons. The zero-order valence-electron chi connectivity index (χ0n) is 10.8. The molecule has 0 saturated heterocycles. The number of amides is 1. The molecule has 1 N–H and O–H groups in total. The van der Waals surface area contributed by atoms with E-state index in [0.29, 0.717) is 11.3 Å². The molecule has 0 heterocycles. The van der Waals surface area contributed by atoms with Crippen molar-refractivity contribution in [1.82, 2.24) is 4.90 Å². The lowest BCUT2D eigenvalue weighted by molar-refractivity contribution is -0.140. The van der Waals surface area contributed by atoms with Crippen molar-refractivity contribution in [2.75, 3.05) is 13.1 Å². The second kappa shape index (κ2) is 6.40. The normalized spacial score (nSPS) is 11.2. The first-order valence-corrected chi connectivity index (χ1v) is 5.94. The highest BCUT2D eigenvalue weighted by molar-refractivity contribution is 5.95. The highest BCUT2D eigenvalue weighted by atomic mass is 19.4. The number of carboxylic acids is 1. The average Bonchev–Trinajstić information content (AvgIpc) is 2.36. The molecular weight excluding hydrogens is 275 g/mol. The maximum absolute atomic E-state index is 12.4. The zero-order valence-corrected chi connectivity index (χ0v) is 10.8. The monoisotopic (exact) mass is 289 g/mol. The van der Waals surface area contributed by atoms with Crippen molar-refractivity contribution in [2.45, 2.75) is 19.5 Å². The van der Waals surface area contributed by atoms with Crippen LogP contribution in [0.3, 0.4) is 0 Å². The summed E-state index contributed by atoms with van der Waals surface area (Å²) < 4.78 is 37.2. The first-order chi connectivity index (χ1) is 9.24. The van der Waals surface area contributed by atoms with Gasteiger partial charge in [0.05, 0.1) is 5.56 Å². The third-order valence-corrected chi connectivity index (χ3v) is 2.53. The number of hydrogen-bond donors (Lipinski definition) is 1. The van der Waals surface area contributed by atoms with Crippen LogP contribution in [0.5, 0.6) is 0 Å². The van der Waals surface area contributed by atoms with Gasteiger partial charge >= 0.3 is 12.1 Å². The fraction of sp³-hybridized carbons (Fsp3) is 0.385. The highest BCUT2D eigenvalue weighted by Crippen LogP contribution is 2.18. The van der Waals surface area contributed by atoms with Gasteiger partial charge in [-0.1, -0.05) is 6.92 Å². The van der Waals surface area contributed by atoms with Crippen molar-refractivity contribution < 1.29 is 27.9 Å². The Hall–Kier alpha value is -2.05. The minimum absolute atomic E-state index is 0.0149. The van der Waals surface area contributed by atoms with Gasteiger partial charge in [0.1, 0.15) is 6.54 Å². The lowest BCUT2D eigenvalue weighted by Crippen LogP contribution is -2.39. The Bertz CT molecular complexity index is 483. The van der Waals surface area contributed by atoms with E-state index in [1.54, 1.807) is 6.92 Å². The van der Waals surface area contributed by atoms with Crippen molar-refractivity contribution in [2.24, 2.45) is 0 Å². The molecule has 0 aliphatic rings. The van der Waals surface area contributed by atoms with Crippen LogP contribution in [0.25, 0.3) is 0 Å². The third-order valence-electron chi connectivity index (χ3n) is 2.53. The van der Waals surface area contributed by atoms with Crippen LogP contribution in [-0.4, -0.2) is 41.1 Å². The van der Waals surface area contributed by atoms with Crippen LogP contribution in [0.1, 0.15) is 34.1 Å². The first kappa shape index (κ1) is 16.0. The van der Waals surface area contributed by atoms with Gasteiger partial charge in [0.15, 0.2) is 0 Å². The number of carboxylic acid groups (broad SMARTS) is 1. The van der Waals surface area contributed by atoms with Gasteiger partial charge in [-0.2, -0.15) is 13.2 Å². The summed E-state index contributed by atoms with van der Waals surface area (Å²) >= 11 is 0. The van der Waals surface area contributed by atoms with Gasteiger partial charge in [0.25, 0.3) is 5.91 Å². The van der Waals surface area contributed by atoms with Crippen molar-refractivity contribution in [3.63, 3.8) is 0 Å². The summed E-state index contributed by atoms with van der Waals surface area (Å²) in [5, 5.41) is 8.72. The second-order valence-electron chi connectivity index (χ2n) is 4.22. The molecule has 0 saturated carbocycles. The number of aromatic carboxylic acids is 1. The zero-order chi connectivity index (χ0) is 15.3. The van der Waals surface area contributed by atoms with Crippen LogP contribution in [0.2, 0.25) is 0 Å². The van der Waals surface area contributed by atoms with Gasteiger partial charge in [-0.25, -0.2) is 4.79 Å². The number of benzene rings is 1. The summed E-state index contributed by atoms with van der Waals surface area (Å²) in [5.41, 5.74) is 0.00659. The van der Waals surface area contributed by atoms with E-state index in [1.165, 1.54) is 24.3 Å². The molecule has 0 bridgehead atoms. The molecule has 0 unspecified atom stereocenters. The van der Waals surface area contributed by atoms with Gasteiger partial charge in [-0.15, -0.1) is 0 Å². The van der Waals surface area contributed by atoms with E-state index < -0.39 is 24.6 Å². The van der Waals surface area contributed by atoms with Gasteiger partial charge in [-0.3, -0.25) is 4.79 Å². The van der Waals surface area contributed by atoms with Gasteiger partial charge in [0, 0.05) is 12.1 Å². The Morgan fingerprint density at radius 1 is 1.15 bits per heavy atom. The van der Waals surface area contributed by atoms with Crippen molar-refractivity contribution in [3.8, 4) is 0 Å². The van der Waals surface area contributed by atoms with Crippen molar-refractivity contribution in [3.05, 3.63) is 35.4 Å². The van der Waals surface area contributed by atoms with Crippen LogP contribution in [0, 0.1) is 0 Å². The number of rotatable bonds is 5. The summed E-state index contributed by atoms with van der Waals surface area (Å²) in [4.78, 5) is 23.3. The predicted octanol–water partition coefficient (Wildman–Crippen LogP) is 2.80. The summed E-state index contributed by atoms with van der Waals surface area (Å²) in [6.07, 6.45) is -4.07. The Labute approximate surface area is 113 Å². The number of hydrogen-bond acceptors (Lipinski definition) is 2. The minimum Gasteiger partial charge on any atom is -0.478 e. The van der Waals surface area contributed by atoms with E-state index in [0.717, 1.165) is 0 Å². The summed E-state index contributed by atoms with van der Waals surface area (Å²) in [5.74, 6) is -1.93. The molecule has 0 spiro atoms.